The van der Waals surface area contributed by atoms with Crippen LogP contribution < -0.4 is 10.6 Å². The summed E-state index contributed by atoms with van der Waals surface area (Å²) < 4.78 is 20.1. The van der Waals surface area contributed by atoms with Gasteiger partial charge in [0, 0.05) is 11.5 Å². The van der Waals surface area contributed by atoms with Gasteiger partial charge in [-0.05, 0) is 48.2 Å². The van der Waals surface area contributed by atoms with Crippen LogP contribution in [-0.4, -0.2) is 35.2 Å². The molecule has 0 unspecified atom stereocenters. The number of anilines is 1. The molecular formula is C27H25FN2O5. The van der Waals surface area contributed by atoms with E-state index in [4.69, 9.17) is 9.84 Å². The summed E-state index contributed by atoms with van der Waals surface area (Å²) in [4.78, 5) is 36.5. The molecule has 7 nitrogen and oxygen atoms in total. The number of benzene rings is 3. The highest BCUT2D eigenvalue weighted by Gasteiger charge is 2.30. The number of carboxylic acids is 1. The molecule has 1 aliphatic rings. The number of carbonyl (C=O) groups is 3. The Hall–Kier alpha value is -4.20. The van der Waals surface area contributed by atoms with Crippen LogP contribution in [0.5, 0.6) is 0 Å². The second-order valence-corrected chi connectivity index (χ2v) is 9.02. The van der Waals surface area contributed by atoms with Crippen molar-refractivity contribution in [2.75, 3.05) is 11.9 Å². The summed E-state index contributed by atoms with van der Waals surface area (Å²) in [5.74, 6) is -2.80. The Morgan fingerprint density at radius 3 is 2.14 bits per heavy atom. The minimum Gasteiger partial charge on any atom is -0.481 e. The Morgan fingerprint density at radius 2 is 1.54 bits per heavy atom. The molecule has 4 rings (SSSR count). The van der Waals surface area contributed by atoms with Gasteiger partial charge in [0.1, 0.15) is 12.4 Å². The highest BCUT2D eigenvalue weighted by Crippen LogP contribution is 2.44. The molecule has 0 spiro atoms. The van der Waals surface area contributed by atoms with Crippen molar-refractivity contribution in [3.05, 3.63) is 89.2 Å². The maximum absolute atomic E-state index is 14.6. The number of hydrogen-bond acceptors (Lipinski definition) is 4. The van der Waals surface area contributed by atoms with Crippen LogP contribution in [0.2, 0.25) is 0 Å². The van der Waals surface area contributed by atoms with E-state index in [2.05, 4.69) is 10.6 Å². The van der Waals surface area contributed by atoms with Crippen molar-refractivity contribution in [1.29, 1.82) is 0 Å². The average Bonchev–Trinajstić information content (AvgIpc) is 3.11. The van der Waals surface area contributed by atoms with Crippen molar-refractivity contribution >= 4 is 23.7 Å². The molecule has 3 N–H and O–H groups in total. The summed E-state index contributed by atoms with van der Waals surface area (Å²) in [5, 5.41) is 13.9. The average molecular weight is 477 g/mol. The normalized spacial score (nSPS) is 12.4. The molecule has 0 fully saturated rings. The van der Waals surface area contributed by atoms with Crippen LogP contribution in [0.15, 0.2) is 66.7 Å². The number of para-hydroxylation sites is 1. The van der Waals surface area contributed by atoms with E-state index >= 15 is 0 Å². The number of nitrogens with one attached hydrogen (secondary N) is 2. The predicted octanol–water partition coefficient (Wildman–Crippen LogP) is 5.17. The van der Waals surface area contributed by atoms with Crippen LogP contribution >= 0.6 is 0 Å². The molecule has 3 aromatic carbocycles. The first-order valence-corrected chi connectivity index (χ1v) is 11.1. The Kier molecular flexibility index (Phi) is 6.55. The molecule has 0 bridgehead atoms. The fourth-order valence-electron chi connectivity index (χ4n) is 4.37. The molecule has 3 aromatic rings. The van der Waals surface area contributed by atoms with Gasteiger partial charge < -0.3 is 15.2 Å². The van der Waals surface area contributed by atoms with Gasteiger partial charge in [0.2, 0.25) is 0 Å². The Bertz CT molecular complexity index is 1260. The topological polar surface area (TPSA) is 105 Å². The first-order chi connectivity index (χ1) is 16.7. The van der Waals surface area contributed by atoms with E-state index in [1.807, 2.05) is 48.5 Å². The van der Waals surface area contributed by atoms with Gasteiger partial charge in [-0.3, -0.25) is 14.9 Å². The van der Waals surface area contributed by atoms with Crippen molar-refractivity contribution in [1.82, 2.24) is 5.32 Å². The molecule has 0 atom stereocenters. The van der Waals surface area contributed by atoms with Gasteiger partial charge in [-0.15, -0.1) is 0 Å². The second kappa shape index (κ2) is 9.58. The number of carboxylic acid groups (broad SMARTS) is 1. The molecule has 0 saturated carbocycles. The second-order valence-electron chi connectivity index (χ2n) is 9.02. The quantitative estimate of drug-likeness (QED) is 0.436. The van der Waals surface area contributed by atoms with Crippen molar-refractivity contribution in [3.63, 3.8) is 0 Å². The summed E-state index contributed by atoms with van der Waals surface area (Å²) in [5.41, 5.74) is 2.66. The van der Waals surface area contributed by atoms with E-state index in [1.165, 1.54) is 26.0 Å². The van der Waals surface area contributed by atoms with E-state index in [0.29, 0.717) is 0 Å². The number of aliphatic carboxylic acids is 1. The molecule has 35 heavy (non-hydrogen) atoms. The van der Waals surface area contributed by atoms with E-state index in [1.54, 1.807) is 0 Å². The van der Waals surface area contributed by atoms with Crippen molar-refractivity contribution < 1.29 is 28.6 Å². The van der Waals surface area contributed by atoms with Crippen LogP contribution in [0.4, 0.5) is 14.9 Å². The number of carbonyl (C=O) groups excluding carboxylic acids is 2. The van der Waals surface area contributed by atoms with Gasteiger partial charge in [-0.2, -0.15) is 0 Å². The Balaban J connectivity index is 1.49. The number of hydrogen-bond donors (Lipinski definition) is 3. The Labute approximate surface area is 201 Å². The number of amides is 2. The van der Waals surface area contributed by atoms with Crippen LogP contribution in [0.25, 0.3) is 11.1 Å². The maximum atomic E-state index is 14.6. The molecule has 1 aliphatic carbocycles. The minimum absolute atomic E-state index is 0.0293. The lowest BCUT2D eigenvalue weighted by molar-refractivity contribution is -0.138. The number of fused-ring (bicyclic) bond motifs is 3. The summed E-state index contributed by atoms with van der Waals surface area (Å²) in [7, 11) is 0. The van der Waals surface area contributed by atoms with Crippen LogP contribution in [-0.2, 0) is 9.53 Å². The summed E-state index contributed by atoms with van der Waals surface area (Å²) in [6, 6.07) is 19.5. The van der Waals surface area contributed by atoms with Crippen molar-refractivity contribution in [2.24, 2.45) is 0 Å². The first kappa shape index (κ1) is 23.9. The first-order valence-electron chi connectivity index (χ1n) is 11.1. The molecule has 0 aromatic heterocycles. The van der Waals surface area contributed by atoms with Crippen molar-refractivity contribution in [3.8, 4) is 11.1 Å². The highest BCUT2D eigenvalue weighted by atomic mass is 19.1. The van der Waals surface area contributed by atoms with Gasteiger partial charge in [-0.25, -0.2) is 9.18 Å². The molecule has 8 heteroatoms. The lowest BCUT2D eigenvalue weighted by Crippen LogP contribution is -2.45. The predicted molar refractivity (Wildman–Crippen MR) is 129 cm³/mol. The third-order valence-corrected chi connectivity index (χ3v) is 5.87. The molecule has 0 radical (unpaired) electrons. The van der Waals surface area contributed by atoms with E-state index < -0.39 is 29.3 Å². The van der Waals surface area contributed by atoms with Crippen molar-refractivity contribution in [2.45, 2.75) is 31.7 Å². The third-order valence-electron chi connectivity index (χ3n) is 5.87. The highest BCUT2D eigenvalue weighted by molar-refractivity contribution is 6.03. The molecule has 2 amide bonds. The van der Waals surface area contributed by atoms with E-state index in [-0.39, 0.29) is 30.2 Å². The van der Waals surface area contributed by atoms with Gasteiger partial charge in [0.05, 0.1) is 17.7 Å². The maximum Gasteiger partial charge on any atom is 0.411 e. The molecule has 0 saturated heterocycles. The fraction of sp³-hybridized carbons (Fsp3) is 0.222. The van der Waals surface area contributed by atoms with Gasteiger partial charge in [-0.1, -0.05) is 54.6 Å². The Morgan fingerprint density at radius 1 is 0.943 bits per heavy atom. The van der Waals surface area contributed by atoms with Crippen LogP contribution in [0, 0.1) is 5.82 Å². The zero-order chi connectivity index (χ0) is 25.2. The molecular weight excluding hydrogens is 451 g/mol. The summed E-state index contributed by atoms with van der Waals surface area (Å²) >= 11 is 0. The molecule has 0 heterocycles. The zero-order valence-corrected chi connectivity index (χ0v) is 19.3. The van der Waals surface area contributed by atoms with Gasteiger partial charge in [0.15, 0.2) is 0 Å². The fourth-order valence-corrected chi connectivity index (χ4v) is 4.37. The largest absolute Gasteiger partial charge is 0.481 e. The third kappa shape index (κ3) is 5.16. The lowest BCUT2D eigenvalue weighted by atomic mass is 9.98. The van der Waals surface area contributed by atoms with E-state index in [0.717, 1.165) is 28.3 Å². The number of rotatable bonds is 7. The summed E-state index contributed by atoms with van der Waals surface area (Å²) in [6.45, 7) is 3.11. The molecule has 0 aliphatic heterocycles. The SMILES string of the molecule is CC(C)(CC(=O)O)NC(=O)c1cccc(F)c1NC(=O)OCC1c2ccccc2-c2ccccc21. The summed E-state index contributed by atoms with van der Waals surface area (Å²) in [6.07, 6.45) is -1.24. The van der Waals surface area contributed by atoms with Crippen LogP contribution in [0.3, 0.4) is 0 Å². The standard InChI is InChI=1S/C27H25FN2O5/c1-27(2,14-23(31)32)30-25(33)20-12-7-13-22(28)24(20)29-26(34)35-15-21-18-10-5-3-8-16(18)17-9-4-6-11-19(17)21/h3-13,21H,14-15H2,1-2H3,(H,29,34)(H,30,33)(H,31,32). The van der Waals surface area contributed by atoms with Gasteiger partial charge >= 0.3 is 12.1 Å². The van der Waals surface area contributed by atoms with Gasteiger partial charge in [0.25, 0.3) is 5.91 Å². The smallest absolute Gasteiger partial charge is 0.411 e. The van der Waals surface area contributed by atoms with Crippen LogP contribution in [0.1, 0.15) is 47.7 Å². The van der Waals surface area contributed by atoms with E-state index in [9.17, 15) is 18.8 Å². The zero-order valence-electron chi connectivity index (χ0n) is 19.3. The molecule has 180 valence electrons. The number of halogens is 1. The minimum atomic E-state index is -1.09. The lowest BCUT2D eigenvalue weighted by Gasteiger charge is -2.25. The number of ether oxygens (including phenoxy) is 1. The monoisotopic (exact) mass is 476 g/mol.